The minimum Gasteiger partial charge on any atom is -0.455 e. The molecule has 1 nitrogen and oxygen atoms in total. The molecule has 0 aliphatic carbocycles. The Hall–Kier alpha value is -1.18. The molecule has 0 fully saturated rings. The number of halogens is 2. The number of benzene rings is 2. The Morgan fingerprint density at radius 1 is 1.05 bits per heavy atom. The predicted octanol–water partition coefficient (Wildman–Crippen LogP) is 6.30. The summed E-state index contributed by atoms with van der Waals surface area (Å²) in [7, 11) is 0. The van der Waals surface area contributed by atoms with Crippen LogP contribution in [0.1, 0.15) is 36.5 Å². The minimum atomic E-state index is 0.395. The smallest absolute Gasteiger partial charge is 0.146 e. The topological polar surface area (TPSA) is 9.23 Å². The van der Waals surface area contributed by atoms with Gasteiger partial charge in [-0.05, 0) is 47.7 Å². The zero-order valence-corrected chi connectivity index (χ0v) is 13.4. The molecule has 20 heavy (non-hydrogen) atoms. The van der Waals surface area contributed by atoms with Gasteiger partial charge in [0, 0.05) is 5.88 Å². The first-order valence-electron chi connectivity index (χ1n) is 6.64. The molecule has 2 aromatic carbocycles. The monoisotopic (exact) mass is 308 g/mol. The van der Waals surface area contributed by atoms with E-state index in [-0.39, 0.29) is 0 Å². The van der Waals surface area contributed by atoms with Crippen molar-refractivity contribution in [3.05, 3.63) is 58.1 Å². The molecule has 2 rings (SSSR count). The van der Waals surface area contributed by atoms with Crippen molar-refractivity contribution < 1.29 is 4.74 Å². The summed E-state index contributed by atoms with van der Waals surface area (Å²) in [6, 6.07) is 11.9. The lowest BCUT2D eigenvalue weighted by Crippen LogP contribution is -1.95. The second kappa shape index (κ2) is 6.51. The van der Waals surface area contributed by atoms with Gasteiger partial charge in [0.05, 0.1) is 5.02 Å². The fourth-order valence-electron chi connectivity index (χ4n) is 2.04. The maximum Gasteiger partial charge on any atom is 0.146 e. The van der Waals surface area contributed by atoms with Crippen LogP contribution in [0, 0.1) is 6.92 Å². The largest absolute Gasteiger partial charge is 0.455 e. The first kappa shape index (κ1) is 15.2. The van der Waals surface area contributed by atoms with Gasteiger partial charge in [0.1, 0.15) is 11.5 Å². The standard InChI is InChI=1S/C17H18Cl2O/c1-11(2)14-6-4-12(3)8-17(14)20-16-7-5-13(10-18)9-15(16)19/h4-9,11H,10H2,1-3H3. The quantitative estimate of drug-likeness (QED) is 0.602. The van der Waals surface area contributed by atoms with Crippen LogP contribution in [0.5, 0.6) is 11.5 Å². The Balaban J connectivity index is 2.36. The molecule has 0 atom stereocenters. The molecular weight excluding hydrogens is 291 g/mol. The van der Waals surface area contributed by atoms with E-state index in [1.54, 1.807) is 0 Å². The third kappa shape index (κ3) is 3.47. The van der Waals surface area contributed by atoms with Crippen LogP contribution in [0.2, 0.25) is 5.02 Å². The predicted molar refractivity (Wildman–Crippen MR) is 86.4 cm³/mol. The molecule has 0 unspecified atom stereocenters. The first-order valence-corrected chi connectivity index (χ1v) is 7.55. The van der Waals surface area contributed by atoms with Crippen molar-refractivity contribution in [1.82, 2.24) is 0 Å². The molecule has 0 bridgehead atoms. The van der Waals surface area contributed by atoms with E-state index in [1.165, 1.54) is 5.56 Å². The number of hydrogen-bond acceptors (Lipinski definition) is 1. The summed E-state index contributed by atoms with van der Waals surface area (Å²) in [5.74, 6) is 2.36. The SMILES string of the molecule is Cc1ccc(C(C)C)c(Oc2ccc(CCl)cc2Cl)c1. The van der Waals surface area contributed by atoms with E-state index < -0.39 is 0 Å². The lowest BCUT2D eigenvalue weighted by molar-refractivity contribution is 0.473. The number of rotatable bonds is 4. The summed E-state index contributed by atoms with van der Waals surface area (Å²) in [6.07, 6.45) is 0. The van der Waals surface area contributed by atoms with Crippen molar-refractivity contribution in [2.24, 2.45) is 0 Å². The van der Waals surface area contributed by atoms with Crippen LogP contribution in [0.3, 0.4) is 0 Å². The zero-order valence-electron chi connectivity index (χ0n) is 11.9. The normalized spacial score (nSPS) is 10.9. The number of hydrogen-bond donors (Lipinski definition) is 0. The average Bonchev–Trinajstić information content (AvgIpc) is 2.40. The van der Waals surface area contributed by atoms with Crippen molar-refractivity contribution in [1.29, 1.82) is 0 Å². The molecule has 3 heteroatoms. The first-order chi connectivity index (χ1) is 9.51. The van der Waals surface area contributed by atoms with Gasteiger partial charge in [0.2, 0.25) is 0 Å². The van der Waals surface area contributed by atoms with Gasteiger partial charge in [0.25, 0.3) is 0 Å². The van der Waals surface area contributed by atoms with E-state index in [2.05, 4.69) is 32.9 Å². The van der Waals surface area contributed by atoms with E-state index in [4.69, 9.17) is 27.9 Å². The van der Waals surface area contributed by atoms with Gasteiger partial charge in [-0.25, -0.2) is 0 Å². The highest BCUT2D eigenvalue weighted by molar-refractivity contribution is 6.32. The Morgan fingerprint density at radius 3 is 2.40 bits per heavy atom. The van der Waals surface area contributed by atoms with Gasteiger partial charge in [-0.3, -0.25) is 0 Å². The van der Waals surface area contributed by atoms with E-state index in [1.807, 2.05) is 24.3 Å². The second-order valence-corrected chi connectivity index (χ2v) is 5.87. The molecule has 0 N–H and O–H groups in total. The molecule has 0 aromatic heterocycles. The summed E-state index contributed by atoms with van der Waals surface area (Å²) in [5, 5.41) is 0.583. The van der Waals surface area contributed by atoms with Gasteiger partial charge in [0.15, 0.2) is 0 Å². The summed E-state index contributed by atoms with van der Waals surface area (Å²) in [5.41, 5.74) is 3.32. The Labute approximate surface area is 130 Å². The maximum absolute atomic E-state index is 6.25. The van der Waals surface area contributed by atoms with E-state index in [0.717, 1.165) is 16.9 Å². The highest BCUT2D eigenvalue weighted by atomic mass is 35.5. The van der Waals surface area contributed by atoms with Crippen molar-refractivity contribution in [2.75, 3.05) is 0 Å². The summed E-state index contributed by atoms with van der Waals surface area (Å²) < 4.78 is 6.01. The molecule has 106 valence electrons. The van der Waals surface area contributed by atoms with Crippen LogP contribution in [-0.2, 0) is 5.88 Å². The zero-order chi connectivity index (χ0) is 14.7. The van der Waals surface area contributed by atoms with Crippen LogP contribution >= 0.6 is 23.2 Å². The Morgan fingerprint density at radius 2 is 1.80 bits per heavy atom. The Bertz CT molecular complexity index is 606. The van der Waals surface area contributed by atoms with Crippen LogP contribution in [0.4, 0.5) is 0 Å². The van der Waals surface area contributed by atoms with Crippen molar-refractivity contribution in [2.45, 2.75) is 32.6 Å². The highest BCUT2D eigenvalue weighted by Gasteiger charge is 2.11. The van der Waals surface area contributed by atoms with Gasteiger partial charge in [-0.15, -0.1) is 11.6 Å². The highest BCUT2D eigenvalue weighted by Crippen LogP contribution is 2.35. The van der Waals surface area contributed by atoms with Crippen molar-refractivity contribution >= 4 is 23.2 Å². The third-order valence-electron chi connectivity index (χ3n) is 3.16. The number of alkyl halides is 1. The second-order valence-electron chi connectivity index (χ2n) is 5.20. The molecule has 0 aliphatic heterocycles. The molecule has 0 radical (unpaired) electrons. The lowest BCUT2D eigenvalue weighted by atomic mass is 10.0. The summed E-state index contributed by atoms with van der Waals surface area (Å²) >= 11 is 12.0. The molecule has 0 amide bonds. The molecule has 0 saturated carbocycles. The average molecular weight is 309 g/mol. The van der Waals surface area contributed by atoms with Gasteiger partial charge in [-0.2, -0.15) is 0 Å². The van der Waals surface area contributed by atoms with Gasteiger partial charge in [-0.1, -0.05) is 43.6 Å². The fourth-order valence-corrected chi connectivity index (χ4v) is 2.44. The van der Waals surface area contributed by atoms with Crippen molar-refractivity contribution in [3.8, 4) is 11.5 Å². The van der Waals surface area contributed by atoms with Crippen molar-refractivity contribution in [3.63, 3.8) is 0 Å². The number of aryl methyl sites for hydroxylation is 1. The Kier molecular flexibility index (Phi) is 4.95. The molecular formula is C17H18Cl2O. The lowest BCUT2D eigenvalue weighted by Gasteiger charge is -2.15. The number of ether oxygens (including phenoxy) is 1. The van der Waals surface area contributed by atoms with E-state index >= 15 is 0 Å². The van der Waals surface area contributed by atoms with Gasteiger partial charge < -0.3 is 4.74 Å². The third-order valence-corrected chi connectivity index (χ3v) is 3.77. The fraction of sp³-hybridized carbons (Fsp3) is 0.294. The van der Waals surface area contributed by atoms with Gasteiger partial charge >= 0.3 is 0 Å². The van der Waals surface area contributed by atoms with Crippen LogP contribution in [0.15, 0.2) is 36.4 Å². The van der Waals surface area contributed by atoms with Crippen LogP contribution in [-0.4, -0.2) is 0 Å². The molecule has 0 aliphatic rings. The van der Waals surface area contributed by atoms with E-state index in [0.29, 0.717) is 22.6 Å². The molecule has 2 aromatic rings. The minimum absolute atomic E-state index is 0.395. The van der Waals surface area contributed by atoms with E-state index in [9.17, 15) is 0 Å². The maximum atomic E-state index is 6.25. The summed E-state index contributed by atoms with van der Waals surface area (Å²) in [6.45, 7) is 6.35. The summed E-state index contributed by atoms with van der Waals surface area (Å²) in [4.78, 5) is 0. The molecule has 0 spiro atoms. The van der Waals surface area contributed by atoms with Crippen LogP contribution < -0.4 is 4.74 Å². The molecule has 0 heterocycles. The molecule has 0 saturated heterocycles. The van der Waals surface area contributed by atoms with Crippen LogP contribution in [0.25, 0.3) is 0 Å².